The molecule has 11 rings (SSSR count). The third-order valence-corrected chi connectivity index (χ3v) is 16.7. The maximum absolute atomic E-state index is 13.9. The summed E-state index contributed by atoms with van der Waals surface area (Å²) >= 11 is 1.72. The molecule has 20 heteroatoms. The van der Waals surface area contributed by atoms with Gasteiger partial charge in [0.25, 0.3) is 5.56 Å². The minimum absolute atomic E-state index is 0.0567. The molecule has 1 aromatic carbocycles. The van der Waals surface area contributed by atoms with Crippen molar-refractivity contribution >= 4 is 67.6 Å². The number of nitrogens with zero attached hydrogens (tertiary/aromatic N) is 10. The average Bonchev–Trinajstić information content (AvgIpc) is 3.96. The number of ether oxygens (including phenoxy) is 2. The predicted molar refractivity (Wildman–Crippen MR) is 285 cm³/mol. The Morgan fingerprint density at radius 3 is 2.38 bits per heavy atom. The molecule has 8 heterocycles. The van der Waals surface area contributed by atoms with Crippen LogP contribution >= 0.6 is 11.3 Å². The zero-order chi connectivity index (χ0) is 51.3. The Bertz CT molecular complexity index is 3140. The number of carbonyl (C=O) groups excluding carboxylic acids is 3. The van der Waals surface area contributed by atoms with Crippen LogP contribution in [0.4, 0.5) is 22.2 Å². The highest BCUT2D eigenvalue weighted by atomic mass is 32.1. The van der Waals surface area contributed by atoms with Gasteiger partial charge in [-0.1, -0.05) is 27.2 Å². The number of hydrogen-bond acceptors (Lipinski definition) is 16. The number of aromatic amines is 1. The fourth-order valence-electron chi connectivity index (χ4n) is 11.7. The lowest BCUT2D eigenvalue weighted by atomic mass is 9.75. The lowest BCUT2D eigenvalue weighted by Gasteiger charge is -2.38. The van der Waals surface area contributed by atoms with E-state index in [0.717, 1.165) is 115 Å². The van der Waals surface area contributed by atoms with Crippen LogP contribution in [-0.4, -0.2) is 145 Å². The van der Waals surface area contributed by atoms with E-state index in [1.54, 1.807) is 28.6 Å². The number of aryl methyl sites for hydroxylation is 2. The SMILES string of the molecule is CCCc1cc2cc(-n3nc(C)c4c3CC(C)(C)CC4=O)cc(NC3CCC(OC(=O)N4CCC(C(=O)N5CCN(Cc6cc7nc(-c8cnc(N)nc8)nc(N8CCOCC8)c7s6)CC5)CC4)CC3)c2c(=O)[nH]1. The van der Waals surface area contributed by atoms with Gasteiger partial charge >= 0.3 is 6.09 Å². The van der Waals surface area contributed by atoms with Crippen molar-refractivity contribution in [2.75, 3.05) is 81.5 Å². The van der Waals surface area contributed by atoms with E-state index < -0.39 is 0 Å². The van der Waals surface area contributed by atoms with Gasteiger partial charge in [0, 0.05) is 106 Å². The number of morpholine rings is 1. The molecule has 74 heavy (non-hydrogen) atoms. The second-order valence-electron chi connectivity index (χ2n) is 21.7. The number of ketones is 1. The lowest BCUT2D eigenvalue weighted by Crippen LogP contribution is -2.51. The Kier molecular flexibility index (Phi) is 13.9. The van der Waals surface area contributed by atoms with Gasteiger partial charge in [-0.3, -0.25) is 19.3 Å². The van der Waals surface area contributed by atoms with Crippen LogP contribution in [0, 0.1) is 18.3 Å². The van der Waals surface area contributed by atoms with Crippen molar-refractivity contribution in [3.63, 3.8) is 0 Å². The molecule has 1 saturated carbocycles. The van der Waals surface area contributed by atoms with Crippen molar-refractivity contribution in [3.8, 4) is 17.1 Å². The first kappa shape index (κ1) is 49.7. The van der Waals surface area contributed by atoms with Gasteiger partial charge in [-0.2, -0.15) is 5.10 Å². The number of nitrogen functional groups attached to an aromatic ring is 1. The number of thiophene rings is 1. The van der Waals surface area contributed by atoms with E-state index in [4.69, 9.17) is 30.3 Å². The van der Waals surface area contributed by atoms with Gasteiger partial charge in [0.2, 0.25) is 11.9 Å². The predicted octanol–water partition coefficient (Wildman–Crippen LogP) is 6.93. The molecule has 6 aromatic rings. The standard InChI is InChI=1S/C54H67N13O6S/c1-5-6-37-23-34-24-38(67-43-27-54(3,4)28-44(68)45(43)32(2)62-67)25-41(46(34)50(69)59-37)58-36-7-9-39(10-8-36)73-53(71)66-13-11-33(12-14-66)51(70)65-17-15-63(16-18-65)31-40-26-42-47(74-40)49(64-19-21-72-22-20-64)61-48(60-42)35-29-56-52(55)57-30-35/h23-26,29-30,33,36,39,58H,5-22,27-28,31H2,1-4H3,(H,59,69)(H2,55,56,57). The number of pyridine rings is 1. The normalized spacial score (nSPS) is 20.8. The van der Waals surface area contributed by atoms with E-state index in [9.17, 15) is 19.2 Å². The van der Waals surface area contributed by atoms with Crippen LogP contribution in [0.15, 0.2) is 41.5 Å². The molecule has 0 spiro atoms. The second-order valence-corrected chi connectivity index (χ2v) is 22.8. The third kappa shape index (κ3) is 10.3. The molecule has 0 bridgehead atoms. The number of anilines is 3. The van der Waals surface area contributed by atoms with E-state index in [1.165, 1.54) is 4.88 Å². The number of hydrogen-bond donors (Lipinski definition) is 3. The molecule has 0 atom stereocenters. The van der Waals surface area contributed by atoms with Crippen molar-refractivity contribution in [2.24, 2.45) is 11.3 Å². The molecule has 4 N–H and O–H groups in total. The second kappa shape index (κ2) is 20.7. The van der Waals surface area contributed by atoms with Crippen LogP contribution < -0.4 is 21.5 Å². The summed E-state index contributed by atoms with van der Waals surface area (Å²) in [5.41, 5.74) is 11.8. The number of benzene rings is 1. The summed E-state index contributed by atoms with van der Waals surface area (Å²) in [6.07, 6.45) is 9.78. The first-order valence-corrected chi connectivity index (χ1v) is 27.3. The van der Waals surface area contributed by atoms with E-state index in [-0.39, 0.29) is 52.8 Å². The number of rotatable bonds is 11. The summed E-state index contributed by atoms with van der Waals surface area (Å²) < 4.78 is 14.7. The minimum atomic E-state index is -0.312. The number of carbonyl (C=O) groups is 3. The summed E-state index contributed by atoms with van der Waals surface area (Å²) in [5.74, 6) is 1.84. The van der Waals surface area contributed by atoms with Crippen LogP contribution in [0.25, 0.3) is 38.1 Å². The fraction of sp³-hybridized carbons (Fsp3) is 0.537. The summed E-state index contributed by atoms with van der Waals surface area (Å²) in [4.78, 5) is 85.4. The van der Waals surface area contributed by atoms with Crippen LogP contribution in [0.1, 0.15) is 104 Å². The van der Waals surface area contributed by atoms with Crippen molar-refractivity contribution in [2.45, 2.75) is 111 Å². The molecule has 0 radical (unpaired) electrons. The van der Waals surface area contributed by atoms with Gasteiger partial charge in [0.05, 0.1) is 57.0 Å². The number of amides is 2. The zero-order valence-electron chi connectivity index (χ0n) is 43.0. The van der Waals surface area contributed by atoms with E-state index in [1.807, 2.05) is 28.6 Å². The molecular weight excluding hydrogens is 959 g/mol. The summed E-state index contributed by atoms with van der Waals surface area (Å²) in [7, 11) is 0. The third-order valence-electron chi connectivity index (χ3n) is 15.6. The largest absolute Gasteiger partial charge is 0.446 e. The van der Waals surface area contributed by atoms with E-state index in [2.05, 4.69) is 63.0 Å². The van der Waals surface area contributed by atoms with E-state index in [0.29, 0.717) is 93.8 Å². The number of piperazine rings is 1. The molecule has 3 aliphatic heterocycles. The number of aromatic nitrogens is 7. The highest BCUT2D eigenvalue weighted by Gasteiger charge is 2.37. The average molecular weight is 1030 g/mol. The van der Waals surface area contributed by atoms with Gasteiger partial charge < -0.3 is 40.2 Å². The first-order valence-electron chi connectivity index (χ1n) is 26.5. The molecule has 5 aromatic heterocycles. The smallest absolute Gasteiger partial charge is 0.410 e. The van der Waals surface area contributed by atoms with Crippen LogP contribution in [0.2, 0.25) is 0 Å². The molecule has 390 valence electrons. The molecule has 2 aliphatic carbocycles. The first-order chi connectivity index (χ1) is 35.7. The maximum Gasteiger partial charge on any atom is 0.410 e. The zero-order valence-corrected chi connectivity index (χ0v) is 43.8. The summed E-state index contributed by atoms with van der Waals surface area (Å²) in [5, 5.41) is 10.1. The van der Waals surface area contributed by atoms with Gasteiger partial charge in [-0.25, -0.2) is 29.4 Å². The number of nitrogens with two attached hydrogens (primary N) is 1. The maximum atomic E-state index is 13.9. The quantitative estimate of drug-likeness (QED) is 0.120. The van der Waals surface area contributed by atoms with Crippen molar-refractivity contribution in [3.05, 3.63) is 74.5 Å². The van der Waals surface area contributed by atoms with Crippen molar-refractivity contribution in [1.82, 2.24) is 49.4 Å². The lowest BCUT2D eigenvalue weighted by molar-refractivity contribution is -0.138. The molecule has 5 aliphatic rings. The van der Waals surface area contributed by atoms with Crippen LogP contribution in [0.3, 0.4) is 0 Å². The topological polar surface area (TPSA) is 223 Å². The summed E-state index contributed by atoms with van der Waals surface area (Å²) in [6.45, 7) is 15.6. The van der Waals surface area contributed by atoms with E-state index >= 15 is 0 Å². The Morgan fingerprint density at radius 2 is 1.65 bits per heavy atom. The summed E-state index contributed by atoms with van der Waals surface area (Å²) in [6, 6.07) is 8.29. The van der Waals surface area contributed by atoms with Gasteiger partial charge in [-0.15, -0.1) is 11.3 Å². The molecule has 2 amide bonds. The molecular formula is C54H67N13O6S. The monoisotopic (exact) mass is 1030 g/mol. The Balaban J connectivity index is 0.670. The number of H-pyrrole nitrogens is 1. The number of likely N-dealkylation sites (tertiary alicyclic amines) is 1. The molecule has 4 fully saturated rings. The Hall–Kier alpha value is -6.51. The highest BCUT2D eigenvalue weighted by Crippen LogP contribution is 2.39. The number of fused-ring (bicyclic) bond motifs is 3. The van der Waals surface area contributed by atoms with Crippen LogP contribution in [0.5, 0.6) is 0 Å². The molecule has 19 nitrogen and oxygen atoms in total. The number of piperidine rings is 1. The number of nitrogens with one attached hydrogen (secondary N) is 2. The number of Topliss-reactive ketones (excluding diaryl/α,β-unsaturated/α-hetero) is 1. The molecule has 0 unspecified atom stereocenters. The highest BCUT2D eigenvalue weighted by molar-refractivity contribution is 7.19. The van der Waals surface area contributed by atoms with Gasteiger partial charge in [-0.05, 0) is 93.4 Å². The molecule has 3 saturated heterocycles. The van der Waals surface area contributed by atoms with Gasteiger partial charge in [0.15, 0.2) is 17.4 Å². The van der Waals surface area contributed by atoms with Crippen molar-refractivity contribution in [1.29, 1.82) is 0 Å². The Morgan fingerprint density at radius 1 is 0.905 bits per heavy atom. The fourth-order valence-corrected chi connectivity index (χ4v) is 12.9. The minimum Gasteiger partial charge on any atom is -0.446 e. The van der Waals surface area contributed by atoms with Gasteiger partial charge in [0.1, 0.15) is 6.10 Å². The van der Waals surface area contributed by atoms with Crippen LogP contribution in [-0.2, 0) is 33.7 Å². The van der Waals surface area contributed by atoms with Crippen molar-refractivity contribution < 1.29 is 23.9 Å². The Labute approximate surface area is 434 Å².